The van der Waals surface area contributed by atoms with Crippen LogP contribution in [0.4, 0.5) is 22.7 Å². The lowest BCUT2D eigenvalue weighted by atomic mass is 9.98. The van der Waals surface area contributed by atoms with Crippen molar-refractivity contribution in [3.63, 3.8) is 0 Å². The largest absolute Gasteiger partial charge is 0.399 e. The summed E-state index contributed by atoms with van der Waals surface area (Å²) in [5.41, 5.74) is 16.0. The molecule has 2 aliphatic heterocycles. The van der Waals surface area contributed by atoms with E-state index < -0.39 is 0 Å². The molecule has 2 heterocycles. The lowest BCUT2D eigenvalue weighted by Gasteiger charge is -2.07. The Bertz CT molecular complexity index is 2560. The first-order chi connectivity index (χ1) is 28.1. The summed E-state index contributed by atoms with van der Waals surface area (Å²) in [5.74, 6) is 0.456. The first-order valence-corrected chi connectivity index (χ1v) is 20.1. The highest BCUT2D eigenvalue weighted by Crippen LogP contribution is 2.29. The monoisotopic (exact) mass is 892 g/mol. The third-order valence-corrected chi connectivity index (χ3v) is 10.1. The van der Waals surface area contributed by atoms with E-state index in [1.54, 1.807) is 12.1 Å². The molecular formula is C48H38Br2N4O4. The fourth-order valence-corrected chi connectivity index (χ4v) is 7.29. The second kappa shape index (κ2) is 20.3. The van der Waals surface area contributed by atoms with Crippen LogP contribution in [0, 0.1) is 0 Å². The normalized spacial score (nSPS) is 12.9. The molecule has 0 unspecified atom stereocenters. The van der Waals surface area contributed by atoms with E-state index in [1.165, 1.54) is 6.08 Å². The lowest BCUT2D eigenvalue weighted by Crippen LogP contribution is -2.09. The SMILES string of the molecule is Nc1ccc2c(c1)CC(=O)CC(c1cccc(Br)c1)=N2.O=C(Cc1ccccc1)Cc1ccc2c(c1)CC(=O)CC(c1cccc(Br)c1)=N2.O=C=Nc1ccccc1. The Kier molecular flexibility index (Phi) is 14.5. The van der Waals surface area contributed by atoms with Crippen LogP contribution in [0.2, 0.25) is 0 Å². The number of halogens is 2. The fraction of sp³-hybridized carbons (Fsp3) is 0.125. The van der Waals surface area contributed by atoms with Crippen LogP contribution in [-0.4, -0.2) is 34.9 Å². The lowest BCUT2D eigenvalue weighted by molar-refractivity contribution is -0.118. The van der Waals surface area contributed by atoms with Gasteiger partial charge in [0, 0.05) is 53.2 Å². The van der Waals surface area contributed by atoms with Crippen LogP contribution >= 0.6 is 31.9 Å². The zero-order chi connectivity index (χ0) is 40.9. The van der Waals surface area contributed by atoms with Gasteiger partial charge >= 0.3 is 0 Å². The maximum absolute atomic E-state index is 12.5. The smallest absolute Gasteiger partial charge is 0.240 e. The Morgan fingerprint density at radius 1 is 0.586 bits per heavy atom. The van der Waals surface area contributed by atoms with E-state index in [9.17, 15) is 19.2 Å². The third kappa shape index (κ3) is 12.2. The van der Waals surface area contributed by atoms with E-state index in [-0.39, 0.29) is 17.3 Å². The fourth-order valence-electron chi connectivity index (χ4n) is 6.49. The van der Waals surface area contributed by atoms with Gasteiger partial charge in [-0.1, -0.05) is 117 Å². The van der Waals surface area contributed by atoms with Crippen molar-refractivity contribution in [3.05, 3.63) is 188 Å². The molecule has 0 amide bonds. The Hall–Kier alpha value is -6.19. The van der Waals surface area contributed by atoms with Gasteiger partial charge in [-0.3, -0.25) is 24.4 Å². The Balaban J connectivity index is 0.000000168. The van der Waals surface area contributed by atoms with E-state index >= 15 is 0 Å². The summed E-state index contributed by atoms with van der Waals surface area (Å²) in [4.78, 5) is 59.6. The van der Waals surface area contributed by atoms with Crippen LogP contribution in [-0.2, 0) is 44.9 Å². The van der Waals surface area contributed by atoms with Crippen molar-refractivity contribution >= 4 is 89.5 Å². The molecule has 0 atom stereocenters. The van der Waals surface area contributed by atoms with Gasteiger partial charge in [0.1, 0.15) is 17.3 Å². The maximum Gasteiger partial charge on any atom is 0.240 e. The summed E-state index contributed by atoms with van der Waals surface area (Å²) in [6.07, 6.45) is 3.64. The quantitative estimate of drug-likeness (QED) is 0.0968. The summed E-state index contributed by atoms with van der Waals surface area (Å²) in [7, 11) is 0. The van der Waals surface area contributed by atoms with Crippen molar-refractivity contribution in [2.24, 2.45) is 15.0 Å². The number of nitrogens with two attached hydrogens (primary N) is 1. The first-order valence-electron chi connectivity index (χ1n) is 18.5. The van der Waals surface area contributed by atoms with Gasteiger partial charge in [0.15, 0.2) is 0 Å². The molecule has 8 nitrogen and oxygen atoms in total. The van der Waals surface area contributed by atoms with Gasteiger partial charge in [0.05, 0.1) is 28.5 Å². The van der Waals surface area contributed by atoms with Gasteiger partial charge in [-0.2, -0.15) is 4.99 Å². The number of nitrogens with zero attached hydrogens (tertiary/aromatic N) is 3. The predicted molar refractivity (Wildman–Crippen MR) is 238 cm³/mol. The van der Waals surface area contributed by atoms with Gasteiger partial charge in [-0.25, -0.2) is 4.79 Å². The second-order valence-corrected chi connectivity index (χ2v) is 15.5. The number of rotatable bonds is 7. The molecular weight excluding hydrogens is 856 g/mol. The van der Waals surface area contributed by atoms with E-state index in [0.717, 1.165) is 65.1 Å². The minimum Gasteiger partial charge on any atom is -0.399 e. The molecule has 288 valence electrons. The minimum atomic E-state index is 0.134. The number of para-hydroxylation sites is 1. The molecule has 10 heteroatoms. The van der Waals surface area contributed by atoms with Crippen molar-refractivity contribution in [2.45, 2.75) is 38.5 Å². The van der Waals surface area contributed by atoms with Crippen LogP contribution < -0.4 is 5.73 Å². The van der Waals surface area contributed by atoms with Crippen LogP contribution in [0.5, 0.6) is 0 Å². The molecule has 58 heavy (non-hydrogen) atoms. The molecule has 0 aliphatic carbocycles. The average molecular weight is 895 g/mol. The zero-order valence-corrected chi connectivity index (χ0v) is 34.6. The average Bonchev–Trinajstić information content (AvgIpc) is 3.48. The van der Waals surface area contributed by atoms with Crippen LogP contribution in [0.15, 0.2) is 170 Å². The number of hydrogen-bond acceptors (Lipinski definition) is 8. The number of ketones is 3. The third-order valence-electron chi connectivity index (χ3n) is 9.15. The van der Waals surface area contributed by atoms with Crippen LogP contribution in [0.25, 0.3) is 0 Å². The Labute approximate surface area is 354 Å². The number of Topliss-reactive ketones (excluding diaryl/α,β-unsaturated/α-hetero) is 3. The number of aliphatic imine (C=N–C) groups is 3. The number of carbonyl (C=O) groups excluding carboxylic acids is 4. The molecule has 6 aromatic rings. The number of benzene rings is 6. The highest BCUT2D eigenvalue weighted by atomic mass is 79.9. The number of anilines is 1. The summed E-state index contributed by atoms with van der Waals surface area (Å²) in [5, 5.41) is 0. The van der Waals surface area contributed by atoms with Crippen molar-refractivity contribution < 1.29 is 19.2 Å². The molecule has 0 saturated heterocycles. The van der Waals surface area contributed by atoms with Gasteiger partial charge in [-0.05, 0) is 94.0 Å². The van der Waals surface area contributed by atoms with Crippen molar-refractivity contribution in [1.29, 1.82) is 0 Å². The van der Waals surface area contributed by atoms with E-state index in [4.69, 9.17) is 10.7 Å². The Morgan fingerprint density at radius 3 is 1.66 bits per heavy atom. The van der Waals surface area contributed by atoms with Crippen LogP contribution in [0.1, 0.15) is 46.2 Å². The second-order valence-electron chi connectivity index (χ2n) is 13.7. The molecule has 0 fully saturated rings. The van der Waals surface area contributed by atoms with Crippen molar-refractivity contribution in [1.82, 2.24) is 0 Å². The molecule has 8 rings (SSSR count). The number of carbonyl (C=O) groups is 3. The van der Waals surface area contributed by atoms with Gasteiger partial charge in [-0.15, -0.1) is 0 Å². The van der Waals surface area contributed by atoms with Gasteiger partial charge in [0.25, 0.3) is 0 Å². The topological polar surface area (TPSA) is 131 Å². The first kappa shape index (κ1) is 41.4. The molecule has 0 spiro atoms. The molecule has 0 saturated carbocycles. The molecule has 2 aliphatic rings. The number of nitrogen functional groups attached to an aromatic ring is 1. The van der Waals surface area contributed by atoms with E-state index in [0.29, 0.717) is 49.9 Å². The van der Waals surface area contributed by atoms with Crippen molar-refractivity contribution in [2.75, 3.05) is 5.73 Å². The molecule has 2 N–H and O–H groups in total. The number of fused-ring (bicyclic) bond motifs is 2. The molecule has 0 aromatic heterocycles. The maximum atomic E-state index is 12.5. The molecule has 0 radical (unpaired) electrons. The number of isocyanates is 1. The minimum absolute atomic E-state index is 0.134. The van der Waals surface area contributed by atoms with Gasteiger partial charge in [0.2, 0.25) is 6.08 Å². The van der Waals surface area contributed by atoms with E-state index in [1.807, 2.05) is 133 Å². The summed E-state index contributed by atoms with van der Waals surface area (Å²) in [6.45, 7) is 0. The zero-order valence-electron chi connectivity index (χ0n) is 31.4. The highest BCUT2D eigenvalue weighted by Gasteiger charge is 2.20. The summed E-state index contributed by atoms with van der Waals surface area (Å²) >= 11 is 6.93. The molecule has 6 aromatic carbocycles. The standard InChI is InChI=1S/C25H20BrNO2.C16H13BrN2O.C7H5NO/c26-21-8-4-7-19(14-21)25-16-23(29)15-20-11-18(9-10-24(20)27-25)13-22(28)12-17-5-2-1-3-6-17;17-12-3-1-2-10(6-12)16-9-14(20)8-11-7-13(18)4-5-15(11)19-16;9-6-8-7-4-2-1-3-5-7/h1-11,14H,12-13,15-16H2;1-7H,8-9,18H2;1-5H. The summed E-state index contributed by atoms with van der Waals surface area (Å²) < 4.78 is 1.94. The van der Waals surface area contributed by atoms with Crippen molar-refractivity contribution in [3.8, 4) is 0 Å². The van der Waals surface area contributed by atoms with Gasteiger partial charge < -0.3 is 5.73 Å². The predicted octanol–water partition coefficient (Wildman–Crippen LogP) is 10.8. The summed E-state index contributed by atoms with van der Waals surface area (Å²) in [6, 6.07) is 45.8. The molecule has 0 bridgehead atoms. The highest BCUT2D eigenvalue weighted by molar-refractivity contribution is 9.10. The Morgan fingerprint density at radius 2 is 1.10 bits per heavy atom. The van der Waals surface area contributed by atoms with E-state index in [2.05, 4.69) is 41.8 Å². The number of hydrogen-bond donors (Lipinski definition) is 1. The van der Waals surface area contributed by atoms with Crippen LogP contribution in [0.3, 0.4) is 0 Å².